The molecule has 3 atom stereocenters. The summed E-state index contributed by atoms with van der Waals surface area (Å²) >= 11 is 6.30. The van der Waals surface area contributed by atoms with E-state index >= 15 is 0 Å². The van der Waals surface area contributed by atoms with E-state index in [1.54, 1.807) is 6.07 Å². The van der Waals surface area contributed by atoms with Crippen molar-refractivity contribution in [3.8, 4) is 0 Å². The van der Waals surface area contributed by atoms with Gasteiger partial charge in [-0.3, -0.25) is 0 Å². The maximum absolute atomic E-state index is 6.30. The molecule has 28 heavy (non-hydrogen) atoms. The SMILES string of the molecule is Cc1nnc(C23CC(C)CC(C2)N3Nc2ccc(Cl)c(C(N)=N/C=C\N)c2)o1. The van der Waals surface area contributed by atoms with Crippen molar-refractivity contribution in [2.24, 2.45) is 22.4 Å². The number of hydrogen-bond acceptors (Lipinski definition) is 7. The minimum atomic E-state index is -0.286. The summed E-state index contributed by atoms with van der Waals surface area (Å²) in [5.41, 5.74) is 16.1. The maximum Gasteiger partial charge on any atom is 0.238 e. The Morgan fingerprint density at radius 1 is 1.43 bits per heavy atom. The average molecular weight is 402 g/mol. The molecule has 1 saturated heterocycles. The molecule has 148 valence electrons. The van der Waals surface area contributed by atoms with Crippen LogP contribution < -0.4 is 16.9 Å². The van der Waals surface area contributed by atoms with Crippen LogP contribution >= 0.6 is 11.6 Å². The fourth-order valence-electron chi connectivity index (χ4n) is 4.39. The average Bonchev–Trinajstić information content (AvgIpc) is 3.11. The Labute approximate surface area is 168 Å². The Hall–Kier alpha value is -2.58. The highest BCUT2D eigenvalue weighted by Gasteiger charge is 2.60. The van der Waals surface area contributed by atoms with Crippen LogP contribution in [0.1, 0.15) is 43.5 Å². The fraction of sp³-hybridized carbons (Fsp3) is 0.421. The van der Waals surface area contributed by atoms with Crippen LogP contribution in [0.2, 0.25) is 5.02 Å². The topological polar surface area (TPSA) is 119 Å². The van der Waals surface area contributed by atoms with Gasteiger partial charge in [-0.2, -0.15) is 0 Å². The van der Waals surface area contributed by atoms with E-state index in [1.165, 1.54) is 12.4 Å². The van der Waals surface area contributed by atoms with E-state index in [0.29, 0.717) is 40.2 Å². The minimum absolute atomic E-state index is 0.286. The van der Waals surface area contributed by atoms with Crippen molar-refractivity contribution in [1.29, 1.82) is 0 Å². The second-order valence-electron chi connectivity index (χ2n) is 7.59. The molecule has 1 aromatic heterocycles. The van der Waals surface area contributed by atoms with E-state index in [9.17, 15) is 0 Å². The van der Waals surface area contributed by atoms with Gasteiger partial charge in [0.2, 0.25) is 11.8 Å². The number of hydrogen-bond donors (Lipinski definition) is 3. The first kappa shape index (κ1) is 18.8. The van der Waals surface area contributed by atoms with Gasteiger partial charge in [-0.25, -0.2) is 10.0 Å². The van der Waals surface area contributed by atoms with E-state index in [1.807, 2.05) is 19.1 Å². The lowest BCUT2D eigenvalue weighted by atomic mass is 9.65. The Morgan fingerprint density at radius 3 is 2.96 bits per heavy atom. The quantitative estimate of drug-likeness (QED) is 0.520. The molecule has 1 saturated carbocycles. The molecule has 3 unspecified atom stereocenters. The third kappa shape index (κ3) is 3.12. The Morgan fingerprint density at radius 2 is 2.25 bits per heavy atom. The van der Waals surface area contributed by atoms with Crippen LogP contribution in [0, 0.1) is 12.8 Å². The maximum atomic E-state index is 6.30. The summed E-state index contributed by atoms with van der Waals surface area (Å²) in [5, 5.41) is 11.1. The van der Waals surface area contributed by atoms with Crippen LogP contribution in [0.5, 0.6) is 0 Å². The van der Waals surface area contributed by atoms with Gasteiger partial charge in [0.05, 0.1) is 5.02 Å². The Bertz CT molecular complexity index is 940. The molecule has 0 spiro atoms. The molecule has 2 fully saturated rings. The van der Waals surface area contributed by atoms with Gasteiger partial charge in [-0.1, -0.05) is 18.5 Å². The fourth-order valence-corrected chi connectivity index (χ4v) is 4.61. The summed E-state index contributed by atoms with van der Waals surface area (Å²) in [5.74, 6) is 2.14. The molecule has 2 heterocycles. The molecule has 2 bridgehead atoms. The van der Waals surface area contributed by atoms with Crippen LogP contribution in [0.3, 0.4) is 0 Å². The number of rotatable bonds is 5. The molecule has 2 aromatic rings. The second-order valence-corrected chi connectivity index (χ2v) is 8.00. The number of nitrogens with zero attached hydrogens (tertiary/aromatic N) is 4. The molecule has 8 nitrogen and oxygen atoms in total. The predicted molar refractivity (Wildman–Crippen MR) is 108 cm³/mol. The molecule has 1 aromatic carbocycles. The summed E-state index contributed by atoms with van der Waals surface area (Å²) in [6.45, 7) is 4.08. The third-order valence-electron chi connectivity index (χ3n) is 5.48. The number of anilines is 1. The standard InChI is InChI=1S/C19H24ClN7O/c1-11-7-14-10-19(9-11,18-25-24-12(2)28-18)27(14)26-13-3-4-16(20)15(8-13)17(22)23-6-5-21/h3-6,8,11,14,26H,7,9-10,21H2,1-2H3,(H2,22,23)/b6-5-. The third-order valence-corrected chi connectivity index (χ3v) is 5.81. The van der Waals surface area contributed by atoms with E-state index in [2.05, 4.69) is 32.5 Å². The van der Waals surface area contributed by atoms with Crippen LogP contribution in [0.25, 0.3) is 0 Å². The molecule has 2 aliphatic rings. The van der Waals surface area contributed by atoms with Crippen molar-refractivity contribution in [3.63, 3.8) is 0 Å². The van der Waals surface area contributed by atoms with Crippen LogP contribution in [-0.2, 0) is 5.54 Å². The highest BCUT2D eigenvalue weighted by Crippen LogP contribution is 2.55. The molecule has 5 N–H and O–H groups in total. The number of piperidine rings is 1. The number of aliphatic imine (C=N–C) groups is 1. The molecular weight excluding hydrogens is 378 g/mol. The van der Waals surface area contributed by atoms with E-state index in [4.69, 9.17) is 27.5 Å². The van der Waals surface area contributed by atoms with Gasteiger partial charge >= 0.3 is 0 Å². The number of halogens is 1. The number of fused-ring (bicyclic) bond motifs is 2. The summed E-state index contributed by atoms with van der Waals surface area (Å²) in [6, 6.07) is 6.01. The first-order chi connectivity index (χ1) is 13.4. The van der Waals surface area contributed by atoms with Crippen molar-refractivity contribution in [2.45, 2.75) is 44.7 Å². The van der Waals surface area contributed by atoms with E-state index in [0.717, 1.165) is 24.9 Å². The van der Waals surface area contributed by atoms with Crippen LogP contribution in [0.4, 0.5) is 5.69 Å². The number of aryl methyl sites for hydroxylation is 1. The monoisotopic (exact) mass is 401 g/mol. The zero-order valence-corrected chi connectivity index (χ0v) is 16.6. The molecular formula is C19H24ClN7O. The van der Waals surface area contributed by atoms with Gasteiger partial charge in [0.1, 0.15) is 11.4 Å². The number of nitrogens with two attached hydrogens (primary N) is 2. The molecule has 9 heteroatoms. The number of benzene rings is 1. The number of hydrazine groups is 1. The van der Waals surface area contributed by atoms with Gasteiger partial charge < -0.3 is 21.3 Å². The van der Waals surface area contributed by atoms with Gasteiger partial charge in [-0.15, -0.1) is 10.2 Å². The van der Waals surface area contributed by atoms with Crippen LogP contribution in [-0.4, -0.2) is 27.1 Å². The molecule has 0 amide bonds. The number of amidine groups is 1. The normalized spacial score (nSPS) is 27.8. The smallest absolute Gasteiger partial charge is 0.238 e. The second kappa shape index (κ2) is 7.10. The van der Waals surface area contributed by atoms with Crippen LogP contribution in [0.15, 0.2) is 40.0 Å². The molecule has 4 rings (SSSR count). The molecule has 1 aliphatic heterocycles. The highest BCUT2D eigenvalue weighted by atomic mass is 35.5. The predicted octanol–water partition coefficient (Wildman–Crippen LogP) is 2.89. The van der Waals surface area contributed by atoms with Gasteiger partial charge in [0, 0.05) is 36.6 Å². The lowest BCUT2D eigenvalue weighted by Gasteiger charge is -2.61. The number of aromatic nitrogens is 2. The van der Waals surface area contributed by atoms with Crippen molar-refractivity contribution < 1.29 is 4.42 Å². The van der Waals surface area contributed by atoms with Crippen molar-refractivity contribution in [1.82, 2.24) is 15.2 Å². The van der Waals surface area contributed by atoms with E-state index in [-0.39, 0.29) is 5.54 Å². The summed E-state index contributed by atoms with van der Waals surface area (Å²) in [4.78, 5) is 4.09. The van der Waals surface area contributed by atoms with Crippen molar-refractivity contribution in [3.05, 3.63) is 53.0 Å². The highest BCUT2D eigenvalue weighted by molar-refractivity contribution is 6.34. The summed E-state index contributed by atoms with van der Waals surface area (Å²) in [7, 11) is 0. The molecule has 0 radical (unpaired) electrons. The van der Waals surface area contributed by atoms with Crippen molar-refractivity contribution in [2.75, 3.05) is 5.43 Å². The zero-order valence-electron chi connectivity index (χ0n) is 15.9. The minimum Gasteiger partial charge on any atom is -0.423 e. The van der Waals surface area contributed by atoms with Crippen molar-refractivity contribution >= 4 is 23.1 Å². The zero-order chi connectivity index (χ0) is 19.9. The summed E-state index contributed by atoms with van der Waals surface area (Å²) in [6.07, 6.45) is 5.83. The Kier molecular flexibility index (Phi) is 4.76. The lowest BCUT2D eigenvalue weighted by molar-refractivity contribution is -0.132. The first-order valence-electron chi connectivity index (χ1n) is 9.29. The molecule has 1 aliphatic carbocycles. The lowest BCUT2D eigenvalue weighted by Crippen LogP contribution is -2.69. The van der Waals surface area contributed by atoms with Gasteiger partial charge in [-0.05, 0) is 43.4 Å². The largest absolute Gasteiger partial charge is 0.423 e. The van der Waals surface area contributed by atoms with Gasteiger partial charge in [0.25, 0.3) is 0 Å². The number of nitrogens with one attached hydrogen (secondary N) is 1. The van der Waals surface area contributed by atoms with Gasteiger partial charge in [0.15, 0.2) is 0 Å². The first-order valence-corrected chi connectivity index (χ1v) is 9.67. The van der Waals surface area contributed by atoms with E-state index < -0.39 is 0 Å². The Balaban J connectivity index is 1.63. The summed E-state index contributed by atoms with van der Waals surface area (Å²) < 4.78 is 5.82.